The van der Waals surface area contributed by atoms with Crippen molar-refractivity contribution in [3.05, 3.63) is 138 Å². The Hall–Kier alpha value is -5.21. The fraction of sp³-hybridized carbons (Fsp3) is 0.408. The fourth-order valence-corrected chi connectivity index (χ4v) is 7.09. The third-order valence-electron chi connectivity index (χ3n) is 10.5. The molecule has 0 saturated carbocycles. The number of ether oxygens (including phenoxy) is 2. The maximum absolute atomic E-state index is 14.2. The molecule has 0 aliphatic carbocycles. The van der Waals surface area contributed by atoms with Crippen LogP contribution in [0.1, 0.15) is 115 Å². The fourth-order valence-electron chi connectivity index (χ4n) is 7.09. The molecule has 1 fully saturated rings. The van der Waals surface area contributed by atoms with Crippen LogP contribution in [0, 0.1) is 0 Å². The predicted molar refractivity (Wildman–Crippen MR) is 235 cm³/mol. The van der Waals surface area contributed by atoms with Crippen molar-refractivity contribution in [1.82, 2.24) is 0 Å². The zero-order valence-corrected chi connectivity index (χ0v) is 33.4. The Morgan fingerprint density at radius 1 is 0.860 bits per heavy atom. The Balaban J connectivity index is 0.00000435. The maximum atomic E-state index is 14.2. The lowest BCUT2D eigenvalue weighted by Crippen LogP contribution is -2.55. The van der Waals surface area contributed by atoms with Crippen molar-refractivity contribution in [3.8, 4) is 5.75 Å². The number of likely N-dealkylation sites (tertiary alicyclic amines) is 1. The number of hydrogen-bond donors (Lipinski definition) is 1. The summed E-state index contributed by atoms with van der Waals surface area (Å²) in [6.07, 6.45) is 6.96. The summed E-state index contributed by atoms with van der Waals surface area (Å²) in [4.78, 5) is 42.4. The van der Waals surface area contributed by atoms with Crippen LogP contribution in [0.2, 0.25) is 0 Å². The monoisotopic (exact) mass is 776 g/mol. The van der Waals surface area contributed by atoms with Crippen LogP contribution in [0.3, 0.4) is 0 Å². The average molecular weight is 777 g/mol. The van der Waals surface area contributed by atoms with Gasteiger partial charge in [0.15, 0.2) is 5.78 Å². The number of carbonyl (C=O) groups is 3. The molecule has 1 aliphatic heterocycles. The van der Waals surface area contributed by atoms with Gasteiger partial charge in [0.05, 0.1) is 31.5 Å². The van der Waals surface area contributed by atoms with Crippen LogP contribution in [-0.4, -0.2) is 53.5 Å². The maximum Gasteiger partial charge on any atom is 0.412 e. The number of hydrogen-bond acceptors (Lipinski definition) is 5. The Kier molecular flexibility index (Phi) is 17.3. The molecule has 2 amide bonds. The topological polar surface area (TPSA) is 84.9 Å². The van der Waals surface area contributed by atoms with E-state index in [0.717, 1.165) is 56.6 Å². The highest BCUT2D eigenvalue weighted by molar-refractivity contribution is 6.10. The lowest BCUT2D eigenvalue weighted by Gasteiger charge is -2.44. The first-order chi connectivity index (χ1) is 26.4. The molecule has 0 bridgehead atoms. The number of anilines is 2. The van der Waals surface area contributed by atoms with E-state index in [9.17, 15) is 14.4 Å². The number of carbonyl (C=O) groups excluding carboxylic acids is 3. The van der Waals surface area contributed by atoms with Gasteiger partial charge in [-0.3, -0.25) is 19.4 Å². The van der Waals surface area contributed by atoms with Gasteiger partial charge in [0.25, 0.3) is 0 Å². The average Bonchev–Trinajstić information content (AvgIpc) is 3.19. The molecule has 1 heterocycles. The molecule has 1 atom stereocenters. The number of amides is 2. The van der Waals surface area contributed by atoms with Crippen LogP contribution >= 0.6 is 0 Å². The first-order valence-corrected chi connectivity index (χ1v) is 19.7. The summed E-state index contributed by atoms with van der Waals surface area (Å²) in [7, 11) is 0. The quantitative estimate of drug-likeness (QED) is 0.0738. The molecule has 4 aromatic rings. The number of ketones is 1. The number of piperidine rings is 1. The smallest absolute Gasteiger partial charge is 0.412 e. The second-order valence-corrected chi connectivity index (χ2v) is 15.7. The first kappa shape index (κ1) is 46.2. The zero-order valence-electron chi connectivity index (χ0n) is 33.4. The van der Waals surface area contributed by atoms with E-state index in [1.165, 1.54) is 11.1 Å². The van der Waals surface area contributed by atoms with Gasteiger partial charge < -0.3 is 14.4 Å². The van der Waals surface area contributed by atoms with E-state index in [2.05, 4.69) is 67.7 Å². The van der Waals surface area contributed by atoms with Gasteiger partial charge in [0.1, 0.15) is 18.0 Å². The van der Waals surface area contributed by atoms with E-state index in [4.69, 9.17) is 9.47 Å². The molecule has 0 aromatic heterocycles. The SMILES string of the molecule is C.C.CCC(=O)N(c1ccccc1)C1CC[N+](C=CC(=O)c2cc(OCc3ccc(C(C)CC)cc3)ccc2NC(=O)OC(C)(C)C)(CCc2ccccc2)CC1. The van der Waals surface area contributed by atoms with Crippen LogP contribution in [0.4, 0.5) is 16.2 Å². The lowest BCUT2D eigenvalue weighted by molar-refractivity contribution is -0.884. The Bertz CT molecular complexity index is 1890. The van der Waals surface area contributed by atoms with Crippen molar-refractivity contribution >= 4 is 29.2 Å². The van der Waals surface area contributed by atoms with Crippen LogP contribution in [0.25, 0.3) is 0 Å². The van der Waals surface area contributed by atoms with Crippen molar-refractivity contribution in [3.63, 3.8) is 0 Å². The van der Waals surface area contributed by atoms with E-state index in [-0.39, 0.29) is 32.6 Å². The van der Waals surface area contributed by atoms with Crippen LogP contribution in [0.15, 0.2) is 115 Å². The predicted octanol–water partition coefficient (Wildman–Crippen LogP) is 11.8. The highest BCUT2D eigenvalue weighted by atomic mass is 16.6. The van der Waals surface area contributed by atoms with Crippen molar-refractivity contribution < 1.29 is 28.3 Å². The number of benzene rings is 4. The van der Waals surface area contributed by atoms with Crippen LogP contribution in [0.5, 0.6) is 5.75 Å². The van der Waals surface area contributed by atoms with Gasteiger partial charge in [-0.1, -0.05) is 108 Å². The van der Waals surface area contributed by atoms with Crippen molar-refractivity contribution in [2.24, 2.45) is 0 Å². The van der Waals surface area contributed by atoms with Gasteiger partial charge in [-0.05, 0) is 80.1 Å². The highest BCUT2D eigenvalue weighted by Crippen LogP contribution is 2.30. The van der Waals surface area contributed by atoms with Crippen LogP contribution in [-0.2, 0) is 22.6 Å². The summed E-state index contributed by atoms with van der Waals surface area (Å²) in [5.74, 6) is 0.872. The van der Waals surface area contributed by atoms with Gasteiger partial charge in [-0.2, -0.15) is 0 Å². The summed E-state index contributed by atoms with van der Waals surface area (Å²) in [6.45, 7) is 14.4. The number of allylic oxidation sites excluding steroid dienone is 1. The van der Waals surface area contributed by atoms with E-state index in [0.29, 0.717) is 40.4 Å². The molecule has 5 rings (SSSR count). The molecule has 57 heavy (non-hydrogen) atoms. The summed E-state index contributed by atoms with van der Waals surface area (Å²) in [6, 6.07) is 34.0. The normalized spacial score (nSPS) is 17.1. The summed E-state index contributed by atoms with van der Waals surface area (Å²) in [5.41, 5.74) is 4.42. The molecular formula is C49H66N3O5+. The molecule has 1 aliphatic rings. The number of nitrogens with one attached hydrogen (secondary N) is 1. The number of para-hydroxylation sites is 1. The second kappa shape index (κ2) is 21.4. The standard InChI is InChI=1S/C47H57N3O5.2CH4/c1-7-35(3)38-21-19-37(20-22-38)34-54-41-23-24-43(48-46(53)55-47(4,5)6)42(33-41)44(51)28-32-50(29-25-36-15-11-9-12-16-36)30-26-40(27-31-50)49(45(52)8-2)39-17-13-10-14-18-39;;/h9-24,28,32-33,35,40H,7-8,25-27,29-31,34H2,1-6H3;2*1H4/p+1. The van der Waals surface area contributed by atoms with Gasteiger partial charge >= 0.3 is 6.09 Å². The van der Waals surface area contributed by atoms with Gasteiger partial charge in [-0.15, -0.1) is 0 Å². The molecule has 1 N–H and O–H groups in total. The third-order valence-corrected chi connectivity index (χ3v) is 10.5. The third kappa shape index (κ3) is 13.2. The minimum atomic E-state index is -0.707. The Morgan fingerprint density at radius 2 is 1.49 bits per heavy atom. The first-order valence-electron chi connectivity index (χ1n) is 19.7. The van der Waals surface area contributed by atoms with Crippen LogP contribution < -0.4 is 15.0 Å². The van der Waals surface area contributed by atoms with Gasteiger partial charge in [0, 0.05) is 49.1 Å². The van der Waals surface area contributed by atoms with Crippen molar-refractivity contribution in [2.75, 3.05) is 29.9 Å². The minimum absolute atomic E-state index is 0. The molecule has 0 spiro atoms. The summed E-state index contributed by atoms with van der Waals surface area (Å²) < 4.78 is 12.3. The number of nitrogens with zero attached hydrogens (tertiary/aromatic N) is 2. The largest absolute Gasteiger partial charge is 0.489 e. The second-order valence-electron chi connectivity index (χ2n) is 15.7. The molecule has 8 nitrogen and oxygen atoms in total. The highest BCUT2D eigenvalue weighted by Gasteiger charge is 2.37. The summed E-state index contributed by atoms with van der Waals surface area (Å²) >= 11 is 0. The number of rotatable bonds is 15. The molecule has 1 unspecified atom stereocenters. The zero-order chi connectivity index (χ0) is 39.4. The lowest BCUT2D eigenvalue weighted by atomic mass is 9.98. The summed E-state index contributed by atoms with van der Waals surface area (Å²) in [5, 5.41) is 2.80. The van der Waals surface area contributed by atoms with Gasteiger partial charge in [0.2, 0.25) is 5.91 Å². The van der Waals surface area contributed by atoms with E-state index in [1.54, 1.807) is 45.0 Å². The number of quaternary nitrogens is 1. The van der Waals surface area contributed by atoms with Crippen molar-refractivity contribution in [1.29, 1.82) is 0 Å². The van der Waals surface area contributed by atoms with Crippen molar-refractivity contribution in [2.45, 2.75) is 113 Å². The molecule has 1 saturated heterocycles. The molecular weight excluding hydrogens is 711 g/mol. The molecule has 306 valence electrons. The minimum Gasteiger partial charge on any atom is -0.489 e. The Morgan fingerprint density at radius 3 is 2.09 bits per heavy atom. The van der Waals surface area contributed by atoms with Gasteiger partial charge in [-0.25, -0.2) is 4.79 Å². The van der Waals surface area contributed by atoms with E-state index < -0.39 is 11.7 Å². The molecule has 8 heteroatoms. The van der Waals surface area contributed by atoms with E-state index >= 15 is 0 Å². The molecule has 4 aromatic carbocycles. The molecule has 0 radical (unpaired) electrons. The van der Waals surface area contributed by atoms with E-state index in [1.807, 2.05) is 54.4 Å². The Labute approximate surface area is 342 Å².